The minimum absolute atomic E-state index is 0.333. The van der Waals surface area contributed by atoms with Crippen molar-refractivity contribution < 1.29 is 10.2 Å². The number of aliphatic hydroxyl groups is 2. The van der Waals surface area contributed by atoms with E-state index in [9.17, 15) is 10.2 Å². The Bertz CT molecular complexity index is 159. The minimum Gasteiger partial charge on any atom is -0.392 e. The Morgan fingerprint density at radius 3 is 2.00 bits per heavy atom. The average molecular weight is 203 g/mol. The Hall–Kier alpha value is 0.0969. The van der Waals surface area contributed by atoms with Gasteiger partial charge in [0.1, 0.15) is 0 Å². The smallest absolute Gasteiger partial charge is 0.0692 e. The monoisotopic (exact) mass is 203 g/mol. The summed E-state index contributed by atoms with van der Waals surface area (Å²) < 4.78 is 0. The molecular formula is C9H21NO2Si. The number of β-amino-alcohol motifs (C(OH)–C–C–N with tert-alkyl or cyclic N) is 2. The molecule has 0 radical (unpaired) electrons. The predicted octanol–water partition coefficient (Wildman–Crippen LogP) is 0.291. The molecule has 1 heterocycles. The maximum Gasteiger partial charge on any atom is 0.0692 e. The van der Waals surface area contributed by atoms with Gasteiger partial charge in [-0.05, 0) is 6.17 Å². The number of rotatable bonds is 2. The molecule has 1 rings (SSSR count). The second-order valence-corrected chi connectivity index (χ2v) is 10.7. The van der Waals surface area contributed by atoms with E-state index in [0.717, 1.165) is 19.3 Å². The second kappa shape index (κ2) is 4.08. The molecule has 0 aromatic heterocycles. The fourth-order valence-electron chi connectivity index (χ4n) is 1.93. The van der Waals surface area contributed by atoms with E-state index < -0.39 is 8.07 Å². The molecule has 0 amide bonds. The van der Waals surface area contributed by atoms with Gasteiger partial charge in [0.2, 0.25) is 0 Å². The van der Waals surface area contributed by atoms with Gasteiger partial charge in [-0.15, -0.1) is 0 Å². The Kier molecular flexibility index (Phi) is 3.51. The molecule has 0 saturated carbocycles. The van der Waals surface area contributed by atoms with Crippen molar-refractivity contribution in [1.29, 1.82) is 0 Å². The first-order valence-electron chi connectivity index (χ1n) is 4.95. The van der Waals surface area contributed by atoms with Crippen LogP contribution in [-0.2, 0) is 0 Å². The van der Waals surface area contributed by atoms with Gasteiger partial charge in [-0.25, -0.2) is 0 Å². The first-order chi connectivity index (χ1) is 5.87. The highest BCUT2D eigenvalue weighted by atomic mass is 28.3. The van der Waals surface area contributed by atoms with Crippen LogP contribution < -0.4 is 0 Å². The minimum atomic E-state index is -1.10. The summed E-state index contributed by atoms with van der Waals surface area (Å²) in [6.45, 7) is 8.39. The van der Waals surface area contributed by atoms with Gasteiger partial charge >= 0.3 is 0 Å². The van der Waals surface area contributed by atoms with E-state index in [1.807, 2.05) is 0 Å². The van der Waals surface area contributed by atoms with Crippen LogP contribution in [0.5, 0.6) is 0 Å². The molecule has 0 aromatic rings. The Balaban J connectivity index is 2.42. The summed E-state index contributed by atoms with van der Waals surface area (Å²) in [6.07, 6.45) is 0.948. The fraction of sp³-hybridized carbons (Fsp3) is 1.00. The summed E-state index contributed by atoms with van der Waals surface area (Å²) in [7, 11) is -1.10. The summed E-state index contributed by atoms with van der Waals surface area (Å²) in [5.41, 5.74) is 0. The topological polar surface area (TPSA) is 43.7 Å². The molecule has 2 atom stereocenters. The van der Waals surface area contributed by atoms with Crippen LogP contribution in [0.2, 0.25) is 19.6 Å². The summed E-state index contributed by atoms with van der Waals surface area (Å²) >= 11 is 0. The number of hydrogen-bond donors (Lipinski definition) is 2. The highest BCUT2D eigenvalue weighted by Crippen LogP contribution is 2.13. The molecule has 78 valence electrons. The number of aliphatic hydroxyl groups excluding tert-OH is 2. The van der Waals surface area contributed by atoms with Gasteiger partial charge in [0.05, 0.1) is 20.3 Å². The molecule has 1 fully saturated rings. The molecule has 3 nitrogen and oxygen atoms in total. The Morgan fingerprint density at radius 1 is 1.15 bits per heavy atom. The zero-order chi connectivity index (χ0) is 10.1. The average Bonchev–Trinajstić information content (AvgIpc) is 1.78. The number of hydrogen-bond acceptors (Lipinski definition) is 3. The van der Waals surface area contributed by atoms with Crippen LogP contribution in [0.3, 0.4) is 0 Å². The number of likely N-dealkylation sites (tertiary alicyclic amines) is 1. The van der Waals surface area contributed by atoms with Crippen molar-refractivity contribution in [2.75, 3.05) is 19.3 Å². The Morgan fingerprint density at radius 2 is 1.62 bits per heavy atom. The fourth-order valence-corrected chi connectivity index (χ4v) is 3.53. The van der Waals surface area contributed by atoms with E-state index in [4.69, 9.17) is 0 Å². The van der Waals surface area contributed by atoms with E-state index in [0.29, 0.717) is 6.42 Å². The largest absolute Gasteiger partial charge is 0.392 e. The van der Waals surface area contributed by atoms with E-state index in [1.54, 1.807) is 0 Å². The predicted molar refractivity (Wildman–Crippen MR) is 56.4 cm³/mol. The standard InChI is InChI=1S/C9H21NO2Si/c1-13(2,3)7-10-5-8(11)4-9(12)6-10/h8-9,11-12H,4-7H2,1-3H3/t8-,9+. The lowest BCUT2D eigenvalue weighted by atomic mass is 10.1. The molecule has 2 N–H and O–H groups in total. The quantitative estimate of drug-likeness (QED) is 0.634. The van der Waals surface area contributed by atoms with Gasteiger partial charge < -0.3 is 15.1 Å². The molecule has 1 aliphatic rings. The van der Waals surface area contributed by atoms with Gasteiger partial charge in [-0.2, -0.15) is 0 Å². The van der Waals surface area contributed by atoms with Crippen LogP contribution in [0.1, 0.15) is 6.42 Å². The molecule has 1 saturated heterocycles. The van der Waals surface area contributed by atoms with E-state index >= 15 is 0 Å². The van der Waals surface area contributed by atoms with E-state index in [1.165, 1.54) is 0 Å². The van der Waals surface area contributed by atoms with Crippen LogP contribution in [0.4, 0.5) is 0 Å². The van der Waals surface area contributed by atoms with Crippen molar-refractivity contribution in [3.8, 4) is 0 Å². The van der Waals surface area contributed by atoms with E-state index in [-0.39, 0.29) is 12.2 Å². The zero-order valence-electron chi connectivity index (χ0n) is 8.82. The van der Waals surface area contributed by atoms with Gasteiger partial charge in [0, 0.05) is 19.5 Å². The van der Waals surface area contributed by atoms with E-state index in [2.05, 4.69) is 24.5 Å². The lowest BCUT2D eigenvalue weighted by molar-refractivity contribution is -0.00175. The van der Waals surface area contributed by atoms with Crippen LogP contribution in [-0.4, -0.2) is 54.7 Å². The van der Waals surface area contributed by atoms with Crippen molar-refractivity contribution in [3.05, 3.63) is 0 Å². The SMILES string of the molecule is C[Si](C)(C)CN1C[C@H](O)C[C@H](O)C1. The maximum absolute atomic E-state index is 9.46. The number of nitrogens with zero attached hydrogens (tertiary/aromatic N) is 1. The van der Waals surface area contributed by atoms with Crippen molar-refractivity contribution in [1.82, 2.24) is 4.90 Å². The molecule has 0 bridgehead atoms. The first kappa shape index (κ1) is 11.2. The molecule has 0 unspecified atom stereocenters. The van der Waals surface area contributed by atoms with Crippen LogP contribution in [0.25, 0.3) is 0 Å². The van der Waals surface area contributed by atoms with Crippen molar-refractivity contribution in [2.24, 2.45) is 0 Å². The van der Waals surface area contributed by atoms with Gasteiger partial charge in [0.25, 0.3) is 0 Å². The van der Waals surface area contributed by atoms with Crippen LogP contribution in [0, 0.1) is 0 Å². The van der Waals surface area contributed by atoms with Crippen LogP contribution in [0.15, 0.2) is 0 Å². The molecular weight excluding hydrogens is 182 g/mol. The summed E-state index contributed by atoms with van der Waals surface area (Å²) in [5.74, 6) is 0. The molecule has 13 heavy (non-hydrogen) atoms. The van der Waals surface area contributed by atoms with Crippen LogP contribution >= 0.6 is 0 Å². The third-order valence-corrected chi connectivity index (χ3v) is 3.58. The highest BCUT2D eigenvalue weighted by Gasteiger charge is 2.27. The lowest BCUT2D eigenvalue weighted by Crippen LogP contribution is -2.51. The highest BCUT2D eigenvalue weighted by molar-refractivity contribution is 6.76. The molecule has 0 aromatic carbocycles. The second-order valence-electron chi connectivity index (χ2n) is 5.30. The van der Waals surface area contributed by atoms with Gasteiger partial charge in [-0.3, -0.25) is 0 Å². The first-order valence-corrected chi connectivity index (χ1v) is 8.66. The summed E-state index contributed by atoms with van der Waals surface area (Å²) in [4.78, 5) is 2.20. The van der Waals surface area contributed by atoms with Crippen molar-refractivity contribution >= 4 is 8.07 Å². The number of piperidine rings is 1. The third-order valence-electron chi connectivity index (χ3n) is 2.18. The summed E-state index contributed by atoms with van der Waals surface area (Å²) in [5, 5.41) is 18.9. The molecule has 1 aliphatic heterocycles. The van der Waals surface area contributed by atoms with Crippen molar-refractivity contribution in [2.45, 2.75) is 38.3 Å². The third kappa shape index (κ3) is 4.22. The van der Waals surface area contributed by atoms with Crippen molar-refractivity contribution in [3.63, 3.8) is 0 Å². The molecule has 4 heteroatoms. The van der Waals surface area contributed by atoms with Gasteiger partial charge in [0.15, 0.2) is 0 Å². The normalized spacial score (nSPS) is 32.1. The summed E-state index contributed by atoms with van der Waals surface area (Å²) in [6, 6.07) is 0. The molecule has 0 spiro atoms. The molecule has 0 aliphatic carbocycles. The lowest BCUT2D eigenvalue weighted by Gasteiger charge is -2.36. The Labute approximate surface area is 81.4 Å². The van der Waals surface area contributed by atoms with Gasteiger partial charge in [-0.1, -0.05) is 19.6 Å². The maximum atomic E-state index is 9.46. The zero-order valence-corrected chi connectivity index (χ0v) is 9.82.